The molecule has 3 aromatic rings. The number of hydrogen-bond donors (Lipinski definition) is 1. The highest BCUT2D eigenvalue weighted by molar-refractivity contribution is 6.30. The summed E-state index contributed by atoms with van der Waals surface area (Å²) >= 11 is 6.08. The predicted octanol–water partition coefficient (Wildman–Crippen LogP) is 4.66. The average Bonchev–Trinajstić information content (AvgIpc) is 3.47. The molecular formula is C26H28ClN3O3. The van der Waals surface area contributed by atoms with Gasteiger partial charge in [0.2, 0.25) is 11.8 Å². The standard InChI is InChI=1S/C26H28ClN3O3/c1-18-16-22(33-29-18)17-25(31)30-15-5-8-24(30)26(32)28-23(20-10-12-21(27)13-11-20)14-9-19-6-3-2-4-7-19/h2-4,6-7,10-13,16,23-24H,5,8-9,14-15,17H2,1H3,(H,28,32)/t23-,24-/m0/s1. The maximum Gasteiger partial charge on any atom is 0.243 e. The van der Waals surface area contributed by atoms with Crippen LogP contribution in [0.25, 0.3) is 0 Å². The molecule has 1 saturated heterocycles. The molecule has 1 aliphatic rings. The topological polar surface area (TPSA) is 75.4 Å². The van der Waals surface area contributed by atoms with Gasteiger partial charge in [0.15, 0.2) is 0 Å². The van der Waals surface area contributed by atoms with Crippen molar-refractivity contribution in [2.24, 2.45) is 0 Å². The van der Waals surface area contributed by atoms with Crippen LogP contribution in [0.3, 0.4) is 0 Å². The summed E-state index contributed by atoms with van der Waals surface area (Å²) in [4.78, 5) is 27.9. The number of amides is 2. The first kappa shape index (κ1) is 23.1. The first-order chi connectivity index (χ1) is 16.0. The Hall–Kier alpha value is -3.12. The number of aromatic nitrogens is 1. The number of halogens is 1. The van der Waals surface area contributed by atoms with Gasteiger partial charge < -0.3 is 14.7 Å². The summed E-state index contributed by atoms with van der Waals surface area (Å²) in [6.45, 7) is 2.38. The Morgan fingerprint density at radius 2 is 1.94 bits per heavy atom. The Bertz CT molecular complexity index is 1080. The van der Waals surface area contributed by atoms with Crippen LogP contribution in [-0.4, -0.2) is 34.5 Å². The molecule has 1 N–H and O–H groups in total. The van der Waals surface area contributed by atoms with Crippen LogP contribution in [0.15, 0.2) is 65.2 Å². The number of benzene rings is 2. The second-order valence-corrected chi connectivity index (χ2v) is 8.93. The van der Waals surface area contributed by atoms with Gasteiger partial charge in [-0.3, -0.25) is 9.59 Å². The molecule has 6 nitrogen and oxygen atoms in total. The molecule has 1 aromatic heterocycles. The number of aryl methyl sites for hydroxylation is 2. The van der Waals surface area contributed by atoms with Gasteiger partial charge in [-0.05, 0) is 55.9 Å². The lowest BCUT2D eigenvalue weighted by molar-refractivity contribution is -0.138. The molecule has 0 unspecified atom stereocenters. The quantitative estimate of drug-likeness (QED) is 0.525. The van der Waals surface area contributed by atoms with E-state index in [1.807, 2.05) is 49.4 Å². The first-order valence-electron chi connectivity index (χ1n) is 11.3. The number of nitrogens with one attached hydrogen (secondary N) is 1. The van der Waals surface area contributed by atoms with Crippen LogP contribution in [0.5, 0.6) is 0 Å². The fraction of sp³-hybridized carbons (Fsp3) is 0.346. The van der Waals surface area contributed by atoms with Gasteiger partial charge in [-0.25, -0.2) is 0 Å². The van der Waals surface area contributed by atoms with E-state index in [9.17, 15) is 9.59 Å². The van der Waals surface area contributed by atoms with Gasteiger partial charge >= 0.3 is 0 Å². The molecule has 2 aromatic carbocycles. The monoisotopic (exact) mass is 465 g/mol. The Morgan fingerprint density at radius 1 is 1.18 bits per heavy atom. The van der Waals surface area contributed by atoms with Crippen molar-refractivity contribution >= 4 is 23.4 Å². The molecule has 2 amide bonds. The molecule has 0 bridgehead atoms. The number of carbonyl (C=O) groups excluding carboxylic acids is 2. The van der Waals surface area contributed by atoms with Gasteiger partial charge in [0, 0.05) is 17.6 Å². The maximum atomic E-state index is 13.3. The number of carbonyl (C=O) groups is 2. The minimum absolute atomic E-state index is 0.110. The molecule has 0 spiro atoms. The van der Waals surface area contributed by atoms with Crippen LogP contribution in [0.2, 0.25) is 5.02 Å². The second kappa shape index (κ2) is 10.7. The molecule has 1 fully saturated rings. The normalized spacial score (nSPS) is 16.5. The zero-order valence-electron chi connectivity index (χ0n) is 18.7. The minimum atomic E-state index is -0.479. The van der Waals surface area contributed by atoms with Crippen LogP contribution in [-0.2, 0) is 22.4 Å². The molecule has 0 saturated carbocycles. The van der Waals surface area contributed by atoms with Gasteiger partial charge in [0.05, 0.1) is 18.2 Å². The van der Waals surface area contributed by atoms with E-state index < -0.39 is 6.04 Å². The van der Waals surface area contributed by atoms with Crippen molar-refractivity contribution in [1.82, 2.24) is 15.4 Å². The average molecular weight is 466 g/mol. The van der Waals surface area contributed by atoms with Crippen molar-refractivity contribution in [3.63, 3.8) is 0 Å². The van der Waals surface area contributed by atoms with Crippen molar-refractivity contribution in [1.29, 1.82) is 0 Å². The lowest BCUT2D eigenvalue weighted by atomic mass is 9.98. The van der Waals surface area contributed by atoms with Gasteiger partial charge in [-0.2, -0.15) is 0 Å². The highest BCUT2D eigenvalue weighted by atomic mass is 35.5. The Labute approximate surface area is 198 Å². The number of likely N-dealkylation sites (tertiary alicyclic amines) is 1. The van der Waals surface area contributed by atoms with Crippen molar-refractivity contribution in [2.75, 3.05) is 6.54 Å². The summed E-state index contributed by atoms with van der Waals surface area (Å²) in [5, 5.41) is 7.70. The van der Waals surface area contributed by atoms with E-state index in [2.05, 4.69) is 22.6 Å². The van der Waals surface area contributed by atoms with Crippen molar-refractivity contribution in [3.8, 4) is 0 Å². The molecule has 33 heavy (non-hydrogen) atoms. The summed E-state index contributed by atoms with van der Waals surface area (Å²) in [6, 6.07) is 18.9. The molecule has 172 valence electrons. The Morgan fingerprint density at radius 3 is 2.64 bits per heavy atom. The molecule has 7 heteroatoms. The largest absolute Gasteiger partial charge is 0.361 e. The SMILES string of the molecule is Cc1cc(CC(=O)N2CCC[C@H]2C(=O)N[C@@H](CCc2ccccc2)c2ccc(Cl)cc2)on1. The molecule has 0 radical (unpaired) electrons. The summed E-state index contributed by atoms with van der Waals surface area (Å²) in [6.07, 6.45) is 3.13. The van der Waals surface area contributed by atoms with E-state index in [4.69, 9.17) is 16.1 Å². The highest BCUT2D eigenvalue weighted by Crippen LogP contribution is 2.24. The predicted molar refractivity (Wildman–Crippen MR) is 127 cm³/mol. The van der Waals surface area contributed by atoms with Crippen molar-refractivity contribution in [2.45, 2.75) is 51.1 Å². The van der Waals surface area contributed by atoms with Gasteiger partial charge in [-0.1, -0.05) is 59.2 Å². The van der Waals surface area contributed by atoms with Crippen LogP contribution < -0.4 is 5.32 Å². The fourth-order valence-corrected chi connectivity index (χ4v) is 4.45. The van der Waals surface area contributed by atoms with Crippen LogP contribution >= 0.6 is 11.6 Å². The van der Waals surface area contributed by atoms with E-state index in [0.717, 1.165) is 30.5 Å². The van der Waals surface area contributed by atoms with Gasteiger partial charge in [-0.15, -0.1) is 0 Å². The fourth-order valence-electron chi connectivity index (χ4n) is 4.33. The number of nitrogens with zero attached hydrogens (tertiary/aromatic N) is 2. The third kappa shape index (κ3) is 6.02. The molecule has 2 heterocycles. The van der Waals surface area contributed by atoms with E-state index in [1.54, 1.807) is 11.0 Å². The van der Waals surface area contributed by atoms with Crippen LogP contribution in [0.1, 0.15) is 47.9 Å². The molecule has 1 aliphatic heterocycles. The van der Waals surface area contributed by atoms with E-state index in [-0.39, 0.29) is 24.3 Å². The van der Waals surface area contributed by atoms with Crippen LogP contribution in [0.4, 0.5) is 0 Å². The number of rotatable bonds is 8. The zero-order valence-corrected chi connectivity index (χ0v) is 19.4. The zero-order chi connectivity index (χ0) is 23.2. The van der Waals surface area contributed by atoms with Gasteiger partial charge in [0.1, 0.15) is 11.8 Å². The Balaban J connectivity index is 1.45. The first-order valence-corrected chi connectivity index (χ1v) is 11.7. The van der Waals surface area contributed by atoms with Crippen LogP contribution in [0, 0.1) is 6.92 Å². The molecule has 0 aliphatic carbocycles. The summed E-state index contributed by atoms with van der Waals surface area (Å²) in [5.41, 5.74) is 2.94. The molecule has 4 rings (SSSR count). The smallest absolute Gasteiger partial charge is 0.243 e. The van der Waals surface area contributed by atoms with Gasteiger partial charge in [0.25, 0.3) is 0 Å². The minimum Gasteiger partial charge on any atom is -0.361 e. The third-order valence-electron chi connectivity index (χ3n) is 6.03. The second-order valence-electron chi connectivity index (χ2n) is 8.49. The van der Waals surface area contributed by atoms with E-state index in [1.165, 1.54) is 5.56 Å². The number of hydrogen-bond acceptors (Lipinski definition) is 4. The maximum absolute atomic E-state index is 13.3. The summed E-state index contributed by atoms with van der Waals surface area (Å²) in [5.74, 6) is 0.282. The van der Waals surface area contributed by atoms with Crippen molar-refractivity contribution < 1.29 is 14.1 Å². The summed E-state index contributed by atoms with van der Waals surface area (Å²) < 4.78 is 5.19. The molecule has 2 atom stereocenters. The highest BCUT2D eigenvalue weighted by Gasteiger charge is 2.35. The Kier molecular flexibility index (Phi) is 7.45. The lowest BCUT2D eigenvalue weighted by Crippen LogP contribution is -2.47. The van der Waals surface area contributed by atoms with E-state index >= 15 is 0 Å². The van der Waals surface area contributed by atoms with Crippen molar-refractivity contribution in [3.05, 3.63) is 88.3 Å². The molecular weight excluding hydrogens is 438 g/mol. The lowest BCUT2D eigenvalue weighted by Gasteiger charge is -2.27. The summed E-state index contributed by atoms with van der Waals surface area (Å²) in [7, 11) is 0. The van der Waals surface area contributed by atoms with E-state index in [0.29, 0.717) is 23.7 Å². The third-order valence-corrected chi connectivity index (χ3v) is 6.28.